The van der Waals surface area contributed by atoms with Gasteiger partial charge in [0.1, 0.15) is 5.75 Å². The van der Waals surface area contributed by atoms with Crippen molar-refractivity contribution in [1.29, 1.82) is 0 Å². The summed E-state index contributed by atoms with van der Waals surface area (Å²) in [6.45, 7) is 2.14. The SMILES string of the molecule is C[SiH3].Oc1ccccc1. The van der Waals surface area contributed by atoms with E-state index in [0.29, 0.717) is 5.75 Å². The van der Waals surface area contributed by atoms with E-state index in [1.165, 1.54) is 10.2 Å². The first-order valence-corrected chi connectivity index (χ1v) is 5.13. The second-order valence-corrected chi connectivity index (χ2v) is 1.34. The number of hydrogen-bond donors (Lipinski definition) is 1. The monoisotopic (exact) mass is 140 g/mol. The van der Waals surface area contributed by atoms with Crippen LogP contribution >= 0.6 is 0 Å². The highest BCUT2D eigenvalue weighted by molar-refractivity contribution is 6.05. The highest BCUT2D eigenvalue weighted by atomic mass is 28.1. The highest BCUT2D eigenvalue weighted by Crippen LogP contribution is 2.02. The van der Waals surface area contributed by atoms with Crippen molar-refractivity contribution in [1.82, 2.24) is 0 Å². The van der Waals surface area contributed by atoms with Gasteiger partial charge in [-0.3, -0.25) is 0 Å². The molecule has 1 aromatic rings. The quantitative estimate of drug-likeness (QED) is 0.528. The summed E-state index contributed by atoms with van der Waals surface area (Å²) >= 11 is 0. The maximum atomic E-state index is 8.63. The van der Waals surface area contributed by atoms with E-state index < -0.39 is 0 Å². The summed E-state index contributed by atoms with van der Waals surface area (Å²) in [6.07, 6.45) is 0. The molecule has 0 aliphatic carbocycles. The fourth-order valence-electron chi connectivity index (χ4n) is 0.428. The molecule has 1 rings (SSSR count). The Morgan fingerprint density at radius 3 is 1.78 bits per heavy atom. The van der Waals surface area contributed by atoms with Crippen LogP contribution in [-0.2, 0) is 0 Å². The molecule has 0 heterocycles. The second-order valence-electron chi connectivity index (χ2n) is 1.34. The Hall–Kier alpha value is -0.763. The van der Waals surface area contributed by atoms with E-state index in [-0.39, 0.29) is 0 Å². The average Bonchev–Trinajstić information content (AvgIpc) is 1.94. The molecule has 50 valence electrons. The van der Waals surface area contributed by atoms with Crippen LogP contribution in [0.1, 0.15) is 0 Å². The van der Waals surface area contributed by atoms with Gasteiger partial charge in [0.15, 0.2) is 0 Å². The Bertz CT molecular complexity index is 139. The molecule has 0 amide bonds. The van der Waals surface area contributed by atoms with Crippen molar-refractivity contribution < 1.29 is 5.11 Å². The van der Waals surface area contributed by atoms with Crippen molar-refractivity contribution in [2.75, 3.05) is 0 Å². The molecule has 0 aliphatic rings. The molecule has 1 aromatic carbocycles. The maximum absolute atomic E-state index is 8.63. The zero-order valence-corrected chi connectivity index (χ0v) is 7.83. The van der Waals surface area contributed by atoms with E-state index in [9.17, 15) is 0 Å². The van der Waals surface area contributed by atoms with Crippen molar-refractivity contribution in [2.24, 2.45) is 0 Å². The van der Waals surface area contributed by atoms with Gasteiger partial charge >= 0.3 is 0 Å². The van der Waals surface area contributed by atoms with Gasteiger partial charge in [0, 0.05) is 0 Å². The Morgan fingerprint density at radius 2 is 1.56 bits per heavy atom. The fraction of sp³-hybridized carbons (Fsp3) is 0.143. The summed E-state index contributed by atoms with van der Waals surface area (Å²) in [5.74, 6) is 0.322. The number of rotatable bonds is 0. The van der Waals surface area contributed by atoms with Gasteiger partial charge in [0.25, 0.3) is 0 Å². The Morgan fingerprint density at radius 1 is 1.11 bits per heavy atom. The maximum Gasteiger partial charge on any atom is 0.115 e. The first kappa shape index (κ1) is 8.24. The first-order valence-electron chi connectivity index (χ1n) is 3.13. The van der Waals surface area contributed by atoms with Gasteiger partial charge in [-0.15, -0.1) is 0 Å². The fourth-order valence-corrected chi connectivity index (χ4v) is 0.428. The molecule has 1 N–H and O–H groups in total. The van der Waals surface area contributed by atoms with Crippen molar-refractivity contribution in [3.8, 4) is 5.75 Å². The predicted octanol–water partition coefficient (Wildman–Crippen LogP) is 0.792. The van der Waals surface area contributed by atoms with Crippen LogP contribution in [0.3, 0.4) is 0 Å². The number of hydrogen-bond acceptors (Lipinski definition) is 1. The van der Waals surface area contributed by atoms with E-state index in [0.717, 1.165) is 0 Å². The number of phenolic OH excluding ortho intramolecular Hbond substituents is 1. The second kappa shape index (κ2) is 5.38. The van der Waals surface area contributed by atoms with Crippen LogP contribution in [0.2, 0.25) is 6.55 Å². The van der Waals surface area contributed by atoms with E-state index in [1.807, 2.05) is 6.07 Å². The molecule has 0 radical (unpaired) electrons. The predicted molar refractivity (Wildman–Crippen MR) is 43.9 cm³/mol. The first-order chi connectivity index (χ1) is 4.39. The summed E-state index contributed by atoms with van der Waals surface area (Å²) in [7, 11) is 1.31. The molecule has 0 atom stereocenters. The lowest BCUT2D eigenvalue weighted by atomic mass is 10.3. The number of phenols is 1. The van der Waals surface area contributed by atoms with Gasteiger partial charge in [-0.1, -0.05) is 24.7 Å². The van der Waals surface area contributed by atoms with Crippen molar-refractivity contribution >= 4 is 10.2 Å². The third-order valence-corrected chi connectivity index (χ3v) is 0.756. The van der Waals surface area contributed by atoms with Crippen LogP contribution in [0.5, 0.6) is 5.75 Å². The standard InChI is InChI=1S/C6H6O.CH6Si/c7-6-4-2-1-3-5-6;1-2/h1-5,7H;1-2H3. The number of para-hydroxylation sites is 1. The molecule has 0 fully saturated rings. The Balaban J connectivity index is 0.000000291. The third kappa shape index (κ3) is 3.79. The average molecular weight is 140 g/mol. The minimum atomic E-state index is 0.322. The molecular weight excluding hydrogens is 128 g/mol. The normalized spacial score (nSPS) is 7.67. The molecule has 0 aromatic heterocycles. The molecule has 0 aliphatic heterocycles. The molecule has 0 unspecified atom stereocenters. The molecule has 0 spiro atoms. The largest absolute Gasteiger partial charge is 0.508 e. The highest BCUT2D eigenvalue weighted by Gasteiger charge is 1.74. The van der Waals surface area contributed by atoms with Gasteiger partial charge in [-0.2, -0.15) is 0 Å². The molecule has 9 heavy (non-hydrogen) atoms. The lowest BCUT2D eigenvalue weighted by Crippen LogP contribution is -1.56. The topological polar surface area (TPSA) is 20.2 Å². The van der Waals surface area contributed by atoms with Crippen LogP contribution in [0.25, 0.3) is 0 Å². The summed E-state index contributed by atoms with van der Waals surface area (Å²) in [4.78, 5) is 0. The van der Waals surface area contributed by atoms with E-state index in [4.69, 9.17) is 5.11 Å². The van der Waals surface area contributed by atoms with Gasteiger partial charge < -0.3 is 5.11 Å². The zero-order valence-electron chi connectivity index (χ0n) is 5.83. The van der Waals surface area contributed by atoms with Crippen LogP contribution < -0.4 is 0 Å². The lowest BCUT2D eigenvalue weighted by molar-refractivity contribution is 0.475. The van der Waals surface area contributed by atoms with E-state index in [2.05, 4.69) is 6.55 Å². The smallest absolute Gasteiger partial charge is 0.115 e. The molecule has 2 heteroatoms. The third-order valence-electron chi connectivity index (χ3n) is 0.756. The van der Waals surface area contributed by atoms with Crippen molar-refractivity contribution in [3.63, 3.8) is 0 Å². The Kier molecular flexibility index (Phi) is 4.92. The van der Waals surface area contributed by atoms with E-state index in [1.54, 1.807) is 24.3 Å². The van der Waals surface area contributed by atoms with Gasteiger partial charge in [0.2, 0.25) is 0 Å². The summed E-state index contributed by atoms with van der Waals surface area (Å²) in [5.41, 5.74) is 0. The van der Waals surface area contributed by atoms with Crippen molar-refractivity contribution in [3.05, 3.63) is 30.3 Å². The van der Waals surface area contributed by atoms with Crippen LogP contribution in [0.4, 0.5) is 0 Å². The molecule has 0 saturated heterocycles. The van der Waals surface area contributed by atoms with Gasteiger partial charge in [0.05, 0.1) is 0 Å². The molecular formula is C7H12OSi. The number of benzene rings is 1. The van der Waals surface area contributed by atoms with Gasteiger partial charge in [-0.25, -0.2) is 0 Å². The molecule has 1 nitrogen and oxygen atoms in total. The summed E-state index contributed by atoms with van der Waals surface area (Å²) in [6, 6.07) is 8.71. The van der Waals surface area contributed by atoms with E-state index >= 15 is 0 Å². The summed E-state index contributed by atoms with van der Waals surface area (Å²) in [5, 5.41) is 8.63. The minimum Gasteiger partial charge on any atom is -0.508 e. The van der Waals surface area contributed by atoms with Gasteiger partial charge in [-0.05, 0) is 22.4 Å². The van der Waals surface area contributed by atoms with Crippen LogP contribution in [0, 0.1) is 0 Å². The zero-order chi connectivity index (χ0) is 7.11. The number of aromatic hydroxyl groups is 1. The molecule has 0 saturated carbocycles. The molecule has 0 bridgehead atoms. The lowest BCUT2D eigenvalue weighted by Gasteiger charge is -1.82. The van der Waals surface area contributed by atoms with Crippen molar-refractivity contribution in [2.45, 2.75) is 6.55 Å². The Labute approximate surface area is 58.8 Å². The van der Waals surface area contributed by atoms with Crippen LogP contribution in [0.15, 0.2) is 30.3 Å². The summed E-state index contributed by atoms with van der Waals surface area (Å²) < 4.78 is 0. The van der Waals surface area contributed by atoms with Crippen LogP contribution in [-0.4, -0.2) is 15.3 Å². The minimum absolute atomic E-state index is 0.322.